The van der Waals surface area contributed by atoms with Gasteiger partial charge in [0.15, 0.2) is 0 Å². The lowest BCUT2D eigenvalue weighted by molar-refractivity contribution is 0.0933. The van der Waals surface area contributed by atoms with Crippen molar-refractivity contribution in [3.63, 3.8) is 0 Å². The van der Waals surface area contributed by atoms with Crippen molar-refractivity contribution < 1.29 is 4.79 Å². The van der Waals surface area contributed by atoms with Crippen molar-refractivity contribution in [2.24, 2.45) is 5.92 Å². The number of thiazole rings is 1. The molecule has 2 N–H and O–H groups in total. The number of carbonyl (C=O) groups is 1. The first-order valence-corrected chi connectivity index (χ1v) is 8.65. The SMILES string of the molecule is O=C(N[C@@H]1CNC[C@@H]1Cc1ccccc1)c1cnn2ccsc12. The Labute approximate surface area is 138 Å². The smallest absolute Gasteiger partial charge is 0.256 e. The van der Waals surface area contributed by atoms with Gasteiger partial charge in [-0.25, -0.2) is 4.52 Å². The lowest BCUT2D eigenvalue weighted by Crippen LogP contribution is -2.40. The monoisotopic (exact) mass is 326 g/mol. The van der Waals surface area contributed by atoms with E-state index in [0.29, 0.717) is 11.5 Å². The molecule has 3 heterocycles. The zero-order valence-corrected chi connectivity index (χ0v) is 13.4. The molecule has 4 rings (SSSR count). The summed E-state index contributed by atoms with van der Waals surface area (Å²) in [4.78, 5) is 13.5. The molecule has 2 aromatic heterocycles. The molecule has 1 aliphatic rings. The molecule has 1 aromatic carbocycles. The maximum Gasteiger partial charge on any atom is 0.256 e. The highest BCUT2D eigenvalue weighted by molar-refractivity contribution is 7.15. The number of aromatic nitrogens is 2. The van der Waals surface area contributed by atoms with Gasteiger partial charge in [-0.1, -0.05) is 30.3 Å². The van der Waals surface area contributed by atoms with E-state index in [0.717, 1.165) is 24.3 Å². The predicted octanol–water partition coefficient (Wildman–Crippen LogP) is 1.96. The molecule has 0 saturated carbocycles. The lowest BCUT2D eigenvalue weighted by Gasteiger charge is -2.19. The standard InChI is InChI=1S/C17H18N4OS/c22-16(14-10-19-21-6-7-23-17(14)21)20-15-11-18-9-13(15)8-12-4-2-1-3-5-12/h1-7,10,13,15,18H,8-9,11H2,(H,20,22)/t13-,15+/m0/s1. The fourth-order valence-electron chi connectivity index (χ4n) is 3.16. The summed E-state index contributed by atoms with van der Waals surface area (Å²) in [5.74, 6) is 0.380. The van der Waals surface area contributed by atoms with Gasteiger partial charge in [0.2, 0.25) is 0 Å². The Morgan fingerprint density at radius 3 is 3.09 bits per heavy atom. The number of fused-ring (bicyclic) bond motifs is 1. The molecular weight excluding hydrogens is 308 g/mol. The third-order valence-corrected chi connectivity index (χ3v) is 5.26. The minimum absolute atomic E-state index is 0.0331. The van der Waals surface area contributed by atoms with Crippen LogP contribution in [-0.4, -0.2) is 34.7 Å². The number of carbonyl (C=O) groups excluding carboxylic acids is 1. The Morgan fingerprint density at radius 2 is 2.22 bits per heavy atom. The third kappa shape index (κ3) is 2.87. The van der Waals surface area contributed by atoms with Crippen molar-refractivity contribution in [2.75, 3.05) is 13.1 Å². The van der Waals surface area contributed by atoms with Gasteiger partial charge < -0.3 is 10.6 Å². The van der Waals surface area contributed by atoms with Crippen LogP contribution < -0.4 is 10.6 Å². The highest BCUT2D eigenvalue weighted by Crippen LogP contribution is 2.19. The van der Waals surface area contributed by atoms with E-state index in [2.05, 4.69) is 40.0 Å². The van der Waals surface area contributed by atoms with Crippen LogP contribution in [0.15, 0.2) is 48.1 Å². The number of amides is 1. The summed E-state index contributed by atoms with van der Waals surface area (Å²) in [5.41, 5.74) is 1.97. The van der Waals surface area contributed by atoms with Gasteiger partial charge in [0.25, 0.3) is 5.91 Å². The van der Waals surface area contributed by atoms with Crippen LogP contribution in [0, 0.1) is 5.92 Å². The second kappa shape index (κ2) is 6.14. The van der Waals surface area contributed by atoms with E-state index in [9.17, 15) is 4.79 Å². The molecule has 3 aromatic rings. The minimum atomic E-state index is -0.0331. The van der Waals surface area contributed by atoms with Crippen LogP contribution in [0.2, 0.25) is 0 Å². The number of nitrogens with one attached hydrogen (secondary N) is 2. The molecule has 0 radical (unpaired) electrons. The molecule has 1 saturated heterocycles. The van der Waals surface area contributed by atoms with Gasteiger partial charge in [-0.05, 0) is 17.9 Å². The zero-order chi connectivity index (χ0) is 15.6. The van der Waals surface area contributed by atoms with E-state index in [1.54, 1.807) is 10.7 Å². The summed E-state index contributed by atoms with van der Waals surface area (Å²) in [7, 11) is 0. The lowest BCUT2D eigenvalue weighted by atomic mass is 9.95. The summed E-state index contributed by atoms with van der Waals surface area (Å²) >= 11 is 1.53. The molecule has 1 aliphatic heterocycles. The number of hydrogen-bond donors (Lipinski definition) is 2. The van der Waals surface area contributed by atoms with Gasteiger partial charge in [0.1, 0.15) is 4.83 Å². The predicted molar refractivity (Wildman–Crippen MR) is 90.8 cm³/mol. The molecule has 0 aliphatic carbocycles. The molecule has 5 nitrogen and oxygen atoms in total. The fraction of sp³-hybridized carbons (Fsp3) is 0.294. The third-order valence-electron chi connectivity index (χ3n) is 4.37. The van der Waals surface area contributed by atoms with Gasteiger partial charge in [-0.2, -0.15) is 5.10 Å². The van der Waals surface area contributed by atoms with Crippen molar-refractivity contribution in [1.29, 1.82) is 0 Å². The Hall–Kier alpha value is -2.18. The molecule has 1 fully saturated rings. The largest absolute Gasteiger partial charge is 0.348 e. The Morgan fingerprint density at radius 1 is 1.35 bits per heavy atom. The van der Waals surface area contributed by atoms with Crippen molar-refractivity contribution >= 4 is 22.1 Å². The van der Waals surface area contributed by atoms with Gasteiger partial charge in [-0.15, -0.1) is 11.3 Å². The summed E-state index contributed by atoms with van der Waals surface area (Å²) in [5, 5.41) is 12.7. The van der Waals surface area contributed by atoms with E-state index < -0.39 is 0 Å². The van der Waals surface area contributed by atoms with Crippen LogP contribution >= 0.6 is 11.3 Å². The minimum Gasteiger partial charge on any atom is -0.348 e. The summed E-state index contributed by atoms with van der Waals surface area (Å²) in [6.07, 6.45) is 4.49. The molecule has 23 heavy (non-hydrogen) atoms. The normalized spacial score (nSPS) is 20.9. The number of nitrogens with zero attached hydrogens (tertiary/aromatic N) is 2. The molecule has 0 unspecified atom stereocenters. The van der Waals surface area contributed by atoms with Gasteiger partial charge in [0, 0.05) is 30.7 Å². The first-order valence-electron chi connectivity index (χ1n) is 7.77. The average molecular weight is 326 g/mol. The van der Waals surface area contributed by atoms with Crippen LogP contribution in [0.5, 0.6) is 0 Å². The Kier molecular flexibility index (Phi) is 3.85. The van der Waals surface area contributed by atoms with Gasteiger partial charge in [-0.3, -0.25) is 4.79 Å². The Bertz CT molecular complexity index is 810. The Balaban J connectivity index is 1.47. The second-order valence-electron chi connectivity index (χ2n) is 5.90. The fourth-order valence-corrected chi connectivity index (χ4v) is 3.96. The van der Waals surface area contributed by atoms with Crippen LogP contribution in [0.25, 0.3) is 4.83 Å². The number of rotatable bonds is 4. The molecular formula is C17H18N4OS. The summed E-state index contributed by atoms with van der Waals surface area (Å²) < 4.78 is 1.74. The molecule has 118 valence electrons. The maximum atomic E-state index is 12.6. The highest BCUT2D eigenvalue weighted by Gasteiger charge is 2.29. The number of benzene rings is 1. The van der Waals surface area contributed by atoms with E-state index in [1.807, 2.05) is 17.6 Å². The van der Waals surface area contributed by atoms with Gasteiger partial charge >= 0.3 is 0 Å². The van der Waals surface area contributed by atoms with Crippen molar-refractivity contribution in [3.05, 3.63) is 59.2 Å². The van der Waals surface area contributed by atoms with Crippen LogP contribution in [-0.2, 0) is 6.42 Å². The highest BCUT2D eigenvalue weighted by atomic mass is 32.1. The average Bonchev–Trinajstić information content (AvgIpc) is 3.25. The number of hydrogen-bond acceptors (Lipinski definition) is 4. The molecule has 1 amide bonds. The van der Waals surface area contributed by atoms with E-state index in [1.165, 1.54) is 16.9 Å². The second-order valence-corrected chi connectivity index (χ2v) is 6.79. The summed E-state index contributed by atoms with van der Waals surface area (Å²) in [6, 6.07) is 10.6. The van der Waals surface area contributed by atoms with Crippen molar-refractivity contribution in [3.8, 4) is 0 Å². The van der Waals surface area contributed by atoms with E-state index in [-0.39, 0.29) is 11.9 Å². The first kappa shape index (κ1) is 14.4. The molecule has 2 atom stereocenters. The first-order chi connectivity index (χ1) is 11.3. The molecule has 0 bridgehead atoms. The summed E-state index contributed by atoms with van der Waals surface area (Å²) in [6.45, 7) is 1.75. The maximum absolute atomic E-state index is 12.6. The van der Waals surface area contributed by atoms with Gasteiger partial charge in [0.05, 0.1) is 11.8 Å². The molecule has 6 heteroatoms. The molecule has 0 spiro atoms. The van der Waals surface area contributed by atoms with Crippen LogP contribution in [0.3, 0.4) is 0 Å². The van der Waals surface area contributed by atoms with E-state index in [4.69, 9.17) is 0 Å². The van der Waals surface area contributed by atoms with Crippen molar-refractivity contribution in [2.45, 2.75) is 12.5 Å². The van der Waals surface area contributed by atoms with E-state index >= 15 is 0 Å². The van der Waals surface area contributed by atoms with Crippen molar-refractivity contribution in [1.82, 2.24) is 20.2 Å². The zero-order valence-electron chi connectivity index (χ0n) is 12.6. The topological polar surface area (TPSA) is 58.4 Å². The quantitative estimate of drug-likeness (QED) is 0.770. The van der Waals surface area contributed by atoms with Crippen LogP contribution in [0.1, 0.15) is 15.9 Å². The van der Waals surface area contributed by atoms with Crippen LogP contribution in [0.4, 0.5) is 0 Å².